The number of benzene rings is 2. The second kappa shape index (κ2) is 9.20. The van der Waals surface area contributed by atoms with Gasteiger partial charge in [0.15, 0.2) is 11.5 Å². The second-order valence-corrected chi connectivity index (χ2v) is 7.79. The van der Waals surface area contributed by atoms with Gasteiger partial charge in [0.1, 0.15) is 6.61 Å². The summed E-state index contributed by atoms with van der Waals surface area (Å²) in [7, 11) is 3.03. The average Bonchev–Trinajstić information content (AvgIpc) is 2.95. The minimum Gasteiger partial charge on any atom is -0.493 e. The summed E-state index contributed by atoms with van der Waals surface area (Å²) in [6, 6.07) is 11.1. The molecule has 0 saturated carbocycles. The van der Waals surface area contributed by atoms with Gasteiger partial charge in [0.05, 0.1) is 12.0 Å². The Bertz CT molecular complexity index is 985. The molecule has 0 atom stereocenters. The standard InChI is InChI=1S/C22H20ClNO4S/c1-4-5-16-10-15(12-19-21(25)24(2)22(26)29-19)11-18(27-3)20(16)28-13-14-6-8-17(23)9-7-14/h4,6-12H,1,5,13H2,2-3H3/b19-12-. The number of allylic oxidation sites excluding steroid dienone is 1. The van der Waals surface area contributed by atoms with Crippen LogP contribution in [0.4, 0.5) is 4.79 Å². The number of likely N-dealkylation sites (N-methyl/N-ethyl adjacent to an activating group) is 1. The third-order valence-electron chi connectivity index (χ3n) is 4.32. The highest BCUT2D eigenvalue weighted by atomic mass is 35.5. The highest BCUT2D eigenvalue weighted by Gasteiger charge is 2.31. The molecule has 1 saturated heterocycles. The van der Waals surface area contributed by atoms with Crippen LogP contribution in [0.1, 0.15) is 16.7 Å². The SMILES string of the molecule is C=CCc1cc(/C=C2\SC(=O)N(C)C2=O)cc(OC)c1OCc1ccc(Cl)cc1. The van der Waals surface area contributed by atoms with E-state index in [1.807, 2.05) is 30.3 Å². The lowest BCUT2D eigenvalue weighted by molar-refractivity contribution is -0.121. The van der Waals surface area contributed by atoms with Crippen molar-refractivity contribution in [1.82, 2.24) is 4.90 Å². The molecule has 2 aromatic carbocycles. The Hall–Kier alpha value is -2.70. The fourth-order valence-electron chi connectivity index (χ4n) is 2.82. The van der Waals surface area contributed by atoms with Crippen molar-refractivity contribution in [3.8, 4) is 11.5 Å². The molecule has 3 rings (SSSR count). The van der Waals surface area contributed by atoms with Crippen LogP contribution in [-0.2, 0) is 17.8 Å². The Morgan fingerprint density at radius 3 is 2.52 bits per heavy atom. The normalized spacial score (nSPS) is 15.1. The highest BCUT2D eigenvalue weighted by molar-refractivity contribution is 8.18. The first kappa shape index (κ1) is 21.0. The lowest BCUT2D eigenvalue weighted by Crippen LogP contribution is -2.22. The molecule has 7 heteroatoms. The minimum absolute atomic E-state index is 0.289. The molecule has 0 radical (unpaired) electrons. The Morgan fingerprint density at radius 2 is 1.93 bits per heavy atom. The third kappa shape index (κ3) is 4.83. The van der Waals surface area contributed by atoms with Crippen LogP contribution in [0, 0.1) is 0 Å². The van der Waals surface area contributed by atoms with E-state index in [2.05, 4.69) is 6.58 Å². The summed E-state index contributed by atoms with van der Waals surface area (Å²) in [6.07, 6.45) is 4.02. The van der Waals surface area contributed by atoms with Gasteiger partial charge in [-0.3, -0.25) is 14.5 Å². The van der Waals surface area contributed by atoms with E-state index in [1.54, 1.807) is 25.3 Å². The van der Waals surface area contributed by atoms with Crippen molar-refractivity contribution < 1.29 is 19.1 Å². The number of carbonyl (C=O) groups is 2. The molecule has 29 heavy (non-hydrogen) atoms. The number of carbonyl (C=O) groups excluding carboxylic acids is 2. The van der Waals surface area contributed by atoms with E-state index in [0.29, 0.717) is 34.5 Å². The van der Waals surface area contributed by atoms with E-state index in [9.17, 15) is 9.59 Å². The van der Waals surface area contributed by atoms with Gasteiger partial charge in [-0.15, -0.1) is 6.58 Å². The first-order valence-electron chi connectivity index (χ1n) is 8.83. The van der Waals surface area contributed by atoms with Gasteiger partial charge in [0, 0.05) is 17.6 Å². The van der Waals surface area contributed by atoms with Crippen LogP contribution < -0.4 is 9.47 Å². The maximum absolute atomic E-state index is 12.2. The maximum atomic E-state index is 12.2. The third-order valence-corrected chi connectivity index (χ3v) is 5.53. The van der Waals surface area contributed by atoms with E-state index in [-0.39, 0.29) is 11.1 Å². The smallest absolute Gasteiger partial charge is 0.293 e. The van der Waals surface area contributed by atoms with Gasteiger partial charge in [-0.2, -0.15) is 0 Å². The number of halogens is 1. The number of amides is 2. The van der Waals surface area contributed by atoms with E-state index in [1.165, 1.54) is 7.05 Å². The predicted octanol–water partition coefficient (Wildman–Crippen LogP) is 5.32. The number of nitrogens with zero attached hydrogens (tertiary/aromatic N) is 1. The van der Waals surface area contributed by atoms with Crippen molar-refractivity contribution >= 4 is 40.6 Å². The molecule has 150 valence electrons. The topological polar surface area (TPSA) is 55.8 Å². The highest BCUT2D eigenvalue weighted by Crippen LogP contribution is 2.37. The molecule has 1 heterocycles. The van der Waals surface area contributed by atoms with E-state index in [4.69, 9.17) is 21.1 Å². The van der Waals surface area contributed by atoms with Gasteiger partial charge in [-0.1, -0.05) is 29.8 Å². The average molecular weight is 430 g/mol. The second-order valence-electron chi connectivity index (χ2n) is 6.36. The fourth-order valence-corrected chi connectivity index (χ4v) is 3.78. The van der Waals surface area contributed by atoms with Gasteiger partial charge in [0.2, 0.25) is 0 Å². The number of thioether (sulfide) groups is 1. The first-order valence-corrected chi connectivity index (χ1v) is 10.0. The van der Waals surface area contributed by atoms with Gasteiger partial charge in [-0.05, 0) is 59.7 Å². The molecule has 2 amide bonds. The number of hydrogen-bond acceptors (Lipinski definition) is 5. The lowest BCUT2D eigenvalue weighted by Gasteiger charge is -2.16. The molecule has 2 aromatic rings. The number of ether oxygens (including phenoxy) is 2. The molecule has 0 aliphatic carbocycles. The van der Waals surface area contributed by atoms with E-state index < -0.39 is 0 Å². The molecule has 0 bridgehead atoms. The summed E-state index contributed by atoms with van der Waals surface area (Å²) in [5.74, 6) is 0.843. The monoisotopic (exact) mass is 429 g/mol. The molecule has 1 aliphatic rings. The zero-order valence-electron chi connectivity index (χ0n) is 16.1. The lowest BCUT2D eigenvalue weighted by atomic mass is 10.0. The maximum Gasteiger partial charge on any atom is 0.293 e. The van der Waals surface area contributed by atoms with Crippen LogP contribution in [-0.4, -0.2) is 30.2 Å². The Labute approximate surface area is 178 Å². The summed E-state index contributed by atoms with van der Waals surface area (Å²) < 4.78 is 11.6. The van der Waals surface area contributed by atoms with Crippen LogP contribution in [0.25, 0.3) is 6.08 Å². The Balaban J connectivity index is 1.92. The van der Waals surface area contributed by atoms with Crippen LogP contribution in [0.3, 0.4) is 0 Å². The van der Waals surface area contributed by atoms with E-state index >= 15 is 0 Å². The van der Waals surface area contributed by atoms with Gasteiger partial charge in [-0.25, -0.2) is 0 Å². The molecule has 0 aromatic heterocycles. The summed E-state index contributed by atoms with van der Waals surface area (Å²) in [5.41, 5.74) is 2.59. The van der Waals surface area contributed by atoms with Crippen molar-refractivity contribution in [3.05, 3.63) is 75.7 Å². The number of methoxy groups -OCH3 is 1. The van der Waals surface area contributed by atoms with Crippen molar-refractivity contribution in [3.63, 3.8) is 0 Å². The van der Waals surface area contributed by atoms with Gasteiger partial charge >= 0.3 is 0 Å². The van der Waals surface area contributed by atoms with Crippen molar-refractivity contribution in [1.29, 1.82) is 0 Å². The van der Waals surface area contributed by atoms with Crippen molar-refractivity contribution in [2.75, 3.05) is 14.2 Å². The number of rotatable bonds is 7. The first-order chi connectivity index (χ1) is 13.9. The molecule has 0 spiro atoms. The molecule has 5 nitrogen and oxygen atoms in total. The summed E-state index contributed by atoms with van der Waals surface area (Å²) in [4.78, 5) is 25.4. The number of hydrogen-bond donors (Lipinski definition) is 0. The fraction of sp³-hybridized carbons (Fsp3) is 0.182. The predicted molar refractivity (Wildman–Crippen MR) is 116 cm³/mol. The minimum atomic E-state index is -0.313. The number of imide groups is 1. The Kier molecular flexibility index (Phi) is 6.67. The van der Waals surface area contributed by atoms with Crippen molar-refractivity contribution in [2.24, 2.45) is 0 Å². The van der Waals surface area contributed by atoms with Gasteiger partial charge < -0.3 is 9.47 Å². The molecular formula is C22H20ClNO4S. The zero-order chi connectivity index (χ0) is 21.0. The molecule has 1 fully saturated rings. The zero-order valence-corrected chi connectivity index (χ0v) is 17.7. The molecule has 0 unspecified atom stereocenters. The quantitative estimate of drug-likeness (QED) is 0.440. The van der Waals surface area contributed by atoms with Crippen LogP contribution in [0.5, 0.6) is 11.5 Å². The Morgan fingerprint density at radius 1 is 1.21 bits per heavy atom. The van der Waals surface area contributed by atoms with E-state index in [0.717, 1.165) is 33.4 Å². The van der Waals surface area contributed by atoms with Crippen LogP contribution in [0.2, 0.25) is 5.02 Å². The van der Waals surface area contributed by atoms with Crippen molar-refractivity contribution in [2.45, 2.75) is 13.0 Å². The van der Waals surface area contributed by atoms with Crippen LogP contribution >= 0.6 is 23.4 Å². The molecular weight excluding hydrogens is 410 g/mol. The summed E-state index contributed by atoms with van der Waals surface area (Å²) in [6.45, 7) is 4.16. The van der Waals surface area contributed by atoms with Gasteiger partial charge in [0.25, 0.3) is 11.1 Å². The largest absolute Gasteiger partial charge is 0.493 e. The van der Waals surface area contributed by atoms with Crippen LogP contribution in [0.15, 0.2) is 54.0 Å². The molecule has 1 aliphatic heterocycles. The summed E-state index contributed by atoms with van der Waals surface area (Å²) >= 11 is 6.85. The summed E-state index contributed by atoms with van der Waals surface area (Å²) in [5, 5.41) is 0.377. The molecule has 0 N–H and O–H groups in total.